The van der Waals surface area contributed by atoms with Crippen molar-refractivity contribution in [2.75, 3.05) is 6.61 Å². The van der Waals surface area contributed by atoms with Crippen molar-refractivity contribution in [3.8, 4) is 0 Å². The first-order valence-electron chi connectivity index (χ1n) is 4.97. The predicted octanol–water partition coefficient (Wildman–Crippen LogP) is 2.26. The zero-order chi connectivity index (χ0) is 12.1. The molecule has 5 heteroatoms. The molecule has 16 heavy (non-hydrogen) atoms. The standard InChI is InChI=1S/C11H13NO4/c1-3-16-11(13)8(2)9-6-4-5-7-10(9)12(14)15/h4-8H,3H2,1-2H3/t8-/m0/s1. The summed E-state index contributed by atoms with van der Waals surface area (Å²) < 4.78 is 4.83. The Morgan fingerprint density at radius 2 is 2.12 bits per heavy atom. The van der Waals surface area contributed by atoms with Gasteiger partial charge in [-0.15, -0.1) is 0 Å². The first-order chi connectivity index (χ1) is 7.57. The van der Waals surface area contributed by atoms with E-state index in [1.807, 2.05) is 0 Å². The van der Waals surface area contributed by atoms with Gasteiger partial charge < -0.3 is 4.74 Å². The number of hydrogen-bond acceptors (Lipinski definition) is 4. The van der Waals surface area contributed by atoms with E-state index in [-0.39, 0.29) is 12.3 Å². The Morgan fingerprint density at radius 3 is 2.69 bits per heavy atom. The minimum absolute atomic E-state index is 0.0527. The largest absolute Gasteiger partial charge is 0.466 e. The highest BCUT2D eigenvalue weighted by Crippen LogP contribution is 2.26. The quantitative estimate of drug-likeness (QED) is 0.446. The van der Waals surface area contributed by atoms with Gasteiger partial charge >= 0.3 is 5.97 Å². The summed E-state index contributed by atoms with van der Waals surface area (Å²) in [5, 5.41) is 10.8. The molecule has 0 radical (unpaired) electrons. The molecule has 0 spiro atoms. The van der Waals surface area contributed by atoms with E-state index in [0.29, 0.717) is 5.56 Å². The number of ether oxygens (including phenoxy) is 1. The van der Waals surface area contributed by atoms with E-state index in [1.54, 1.807) is 32.0 Å². The minimum Gasteiger partial charge on any atom is -0.466 e. The lowest BCUT2D eigenvalue weighted by Gasteiger charge is -2.10. The molecule has 1 aromatic carbocycles. The molecule has 1 rings (SSSR count). The van der Waals surface area contributed by atoms with E-state index in [4.69, 9.17) is 4.74 Å². The van der Waals surface area contributed by atoms with E-state index < -0.39 is 16.8 Å². The second kappa shape index (κ2) is 5.25. The monoisotopic (exact) mass is 223 g/mol. The van der Waals surface area contributed by atoms with Crippen LogP contribution in [0.1, 0.15) is 25.3 Å². The molecule has 0 saturated heterocycles. The summed E-state index contributed by atoms with van der Waals surface area (Å²) in [6.07, 6.45) is 0. The van der Waals surface area contributed by atoms with E-state index in [2.05, 4.69) is 0 Å². The second-order valence-electron chi connectivity index (χ2n) is 3.29. The van der Waals surface area contributed by atoms with Gasteiger partial charge in [-0.3, -0.25) is 14.9 Å². The van der Waals surface area contributed by atoms with Gasteiger partial charge in [0, 0.05) is 11.6 Å². The Morgan fingerprint density at radius 1 is 1.50 bits per heavy atom. The van der Waals surface area contributed by atoms with E-state index in [0.717, 1.165) is 0 Å². The Labute approximate surface area is 93.2 Å². The molecule has 0 saturated carbocycles. The van der Waals surface area contributed by atoms with E-state index in [1.165, 1.54) is 6.07 Å². The third-order valence-corrected chi connectivity index (χ3v) is 2.24. The summed E-state index contributed by atoms with van der Waals surface area (Å²) in [6.45, 7) is 3.56. The van der Waals surface area contributed by atoms with Crippen molar-refractivity contribution in [3.63, 3.8) is 0 Å². The van der Waals surface area contributed by atoms with Crippen LogP contribution in [0.25, 0.3) is 0 Å². The van der Waals surface area contributed by atoms with Gasteiger partial charge in [0.2, 0.25) is 0 Å². The third-order valence-electron chi connectivity index (χ3n) is 2.24. The molecule has 0 aliphatic carbocycles. The van der Waals surface area contributed by atoms with Crippen LogP contribution in [-0.2, 0) is 9.53 Å². The lowest BCUT2D eigenvalue weighted by molar-refractivity contribution is -0.385. The highest BCUT2D eigenvalue weighted by molar-refractivity contribution is 5.79. The summed E-state index contributed by atoms with van der Waals surface area (Å²) >= 11 is 0. The smallest absolute Gasteiger partial charge is 0.313 e. The summed E-state index contributed by atoms with van der Waals surface area (Å²) in [7, 11) is 0. The number of nitro benzene ring substituents is 1. The number of para-hydroxylation sites is 1. The molecule has 0 unspecified atom stereocenters. The van der Waals surface area contributed by atoms with Crippen LogP contribution in [0.4, 0.5) is 5.69 Å². The first-order valence-corrected chi connectivity index (χ1v) is 4.97. The maximum atomic E-state index is 11.5. The molecule has 0 bridgehead atoms. The van der Waals surface area contributed by atoms with Crippen LogP contribution in [0.15, 0.2) is 24.3 Å². The molecule has 0 amide bonds. The summed E-state index contributed by atoms with van der Waals surface area (Å²) in [5.41, 5.74) is 0.328. The average Bonchev–Trinajstić information content (AvgIpc) is 2.28. The molecule has 0 aliphatic heterocycles. The second-order valence-corrected chi connectivity index (χ2v) is 3.29. The van der Waals surface area contributed by atoms with Crippen LogP contribution in [0, 0.1) is 10.1 Å². The van der Waals surface area contributed by atoms with Crippen molar-refractivity contribution in [1.82, 2.24) is 0 Å². The Balaban J connectivity index is 3.03. The van der Waals surface area contributed by atoms with Crippen LogP contribution in [0.3, 0.4) is 0 Å². The number of rotatable bonds is 4. The van der Waals surface area contributed by atoms with E-state index in [9.17, 15) is 14.9 Å². The SMILES string of the molecule is CCOC(=O)[C@@H](C)c1ccccc1[N+](=O)[O-]. The van der Waals surface area contributed by atoms with Gasteiger partial charge in [0.25, 0.3) is 5.69 Å². The topological polar surface area (TPSA) is 69.4 Å². The molecule has 86 valence electrons. The molecule has 0 aromatic heterocycles. The highest BCUT2D eigenvalue weighted by Gasteiger charge is 2.24. The fraction of sp³-hybridized carbons (Fsp3) is 0.364. The van der Waals surface area contributed by atoms with Gasteiger partial charge in [0.1, 0.15) is 0 Å². The Hall–Kier alpha value is -1.91. The van der Waals surface area contributed by atoms with Crippen molar-refractivity contribution in [2.24, 2.45) is 0 Å². The average molecular weight is 223 g/mol. The van der Waals surface area contributed by atoms with Gasteiger partial charge in [-0.05, 0) is 13.8 Å². The van der Waals surface area contributed by atoms with Crippen LogP contribution in [0.2, 0.25) is 0 Å². The lowest BCUT2D eigenvalue weighted by atomic mass is 9.99. The lowest BCUT2D eigenvalue weighted by Crippen LogP contribution is -2.14. The van der Waals surface area contributed by atoms with Crippen molar-refractivity contribution < 1.29 is 14.5 Å². The number of carbonyl (C=O) groups excluding carboxylic acids is 1. The maximum Gasteiger partial charge on any atom is 0.313 e. The number of carbonyl (C=O) groups is 1. The number of hydrogen-bond donors (Lipinski definition) is 0. The zero-order valence-corrected chi connectivity index (χ0v) is 9.17. The molecule has 5 nitrogen and oxygen atoms in total. The fourth-order valence-electron chi connectivity index (χ4n) is 1.41. The molecule has 0 aliphatic rings. The van der Waals surface area contributed by atoms with Gasteiger partial charge in [-0.25, -0.2) is 0 Å². The first kappa shape index (κ1) is 12.2. The molecule has 1 atom stereocenters. The summed E-state index contributed by atoms with van der Waals surface area (Å²) in [6, 6.07) is 6.18. The van der Waals surface area contributed by atoms with Crippen LogP contribution in [-0.4, -0.2) is 17.5 Å². The molecule has 0 fully saturated rings. The molecule has 1 aromatic rings. The van der Waals surface area contributed by atoms with Crippen molar-refractivity contribution in [3.05, 3.63) is 39.9 Å². The Bertz CT molecular complexity index is 403. The number of nitrogens with zero attached hydrogens (tertiary/aromatic N) is 1. The molecular weight excluding hydrogens is 210 g/mol. The van der Waals surface area contributed by atoms with Crippen molar-refractivity contribution in [1.29, 1.82) is 0 Å². The predicted molar refractivity (Wildman–Crippen MR) is 58.1 cm³/mol. The van der Waals surface area contributed by atoms with Crippen molar-refractivity contribution in [2.45, 2.75) is 19.8 Å². The van der Waals surface area contributed by atoms with Gasteiger partial charge in [-0.1, -0.05) is 18.2 Å². The van der Waals surface area contributed by atoms with Crippen LogP contribution >= 0.6 is 0 Å². The maximum absolute atomic E-state index is 11.5. The van der Waals surface area contributed by atoms with Gasteiger partial charge in [0.15, 0.2) is 0 Å². The summed E-state index contributed by atoms with van der Waals surface area (Å²) in [5.74, 6) is -1.07. The molecule has 0 heterocycles. The van der Waals surface area contributed by atoms with Crippen LogP contribution < -0.4 is 0 Å². The minimum atomic E-state index is -0.624. The fourth-order valence-corrected chi connectivity index (χ4v) is 1.41. The van der Waals surface area contributed by atoms with Gasteiger partial charge in [-0.2, -0.15) is 0 Å². The zero-order valence-electron chi connectivity index (χ0n) is 9.17. The molecule has 0 N–H and O–H groups in total. The van der Waals surface area contributed by atoms with Crippen molar-refractivity contribution >= 4 is 11.7 Å². The normalized spacial score (nSPS) is 11.9. The Kier molecular flexibility index (Phi) is 3.99. The van der Waals surface area contributed by atoms with Crippen LogP contribution in [0.5, 0.6) is 0 Å². The highest BCUT2D eigenvalue weighted by atomic mass is 16.6. The number of benzene rings is 1. The summed E-state index contributed by atoms with van der Waals surface area (Å²) in [4.78, 5) is 21.7. The number of esters is 1. The molecular formula is C11H13NO4. The number of nitro groups is 1. The van der Waals surface area contributed by atoms with Gasteiger partial charge in [0.05, 0.1) is 17.4 Å². The third kappa shape index (κ3) is 2.56. The van der Waals surface area contributed by atoms with E-state index >= 15 is 0 Å².